The van der Waals surface area contributed by atoms with Crippen LogP contribution in [0.2, 0.25) is 0 Å². The fraction of sp³-hybridized carbons (Fsp3) is 0.192. The Morgan fingerprint density at radius 1 is 0.971 bits per heavy atom. The van der Waals surface area contributed by atoms with Crippen molar-refractivity contribution in [2.45, 2.75) is 20.8 Å². The van der Waals surface area contributed by atoms with E-state index in [4.69, 9.17) is 0 Å². The van der Waals surface area contributed by atoms with Crippen molar-refractivity contribution in [2.24, 2.45) is 17.1 Å². The molecule has 4 aromatic rings. The van der Waals surface area contributed by atoms with Crippen LogP contribution in [-0.2, 0) is 7.05 Å². The van der Waals surface area contributed by atoms with Crippen LogP contribution in [-0.4, -0.2) is 30.6 Å². The van der Waals surface area contributed by atoms with Crippen molar-refractivity contribution in [3.63, 3.8) is 0 Å². The van der Waals surface area contributed by atoms with Gasteiger partial charge in [-0.05, 0) is 51.1 Å². The Hall–Kier alpha value is -3.78. The van der Waals surface area contributed by atoms with E-state index in [1.165, 1.54) is 0 Å². The van der Waals surface area contributed by atoms with Crippen LogP contribution in [0.25, 0.3) is 11.4 Å². The van der Waals surface area contributed by atoms with Crippen molar-refractivity contribution in [3.8, 4) is 11.4 Å². The van der Waals surface area contributed by atoms with E-state index >= 15 is 0 Å². The second kappa shape index (κ2) is 8.87. The van der Waals surface area contributed by atoms with Crippen molar-refractivity contribution in [2.75, 3.05) is 5.75 Å². The largest absolute Gasteiger partial charge is 0.311 e. The molecule has 8 heteroatoms. The van der Waals surface area contributed by atoms with Gasteiger partial charge >= 0.3 is 0 Å². The number of thioether (sulfide) groups is 1. The first-order valence-electron chi connectivity index (χ1n) is 11.1. The molecule has 0 radical (unpaired) electrons. The maximum absolute atomic E-state index is 13.6. The van der Waals surface area contributed by atoms with E-state index in [0.717, 1.165) is 44.9 Å². The number of para-hydroxylation sites is 2. The molecule has 2 aromatic heterocycles. The van der Waals surface area contributed by atoms with Crippen LogP contribution in [0.15, 0.2) is 81.6 Å². The van der Waals surface area contributed by atoms with Gasteiger partial charge < -0.3 is 4.57 Å². The average molecular weight is 471 g/mol. The van der Waals surface area contributed by atoms with E-state index in [1.807, 2.05) is 97.7 Å². The maximum Gasteiger partial charge on any atom is 0.295 e. The number of amidine groups is 1. The van der Waals surface area contributed by atoms with Gasteiger partial charge in [-0.2, -0.15) is 5.10 Å². The van der Waals surface area contributed by atoms with Crippen LogP contribution in [0.3, 0.4) is 0 Å². The summed E-state index contributed by atoms with van der Waals surface area (Å²) >= 11 is 1.62. The SMILES string of the molecule is Cc1cc(C2=NNC(=Nc3ccccc3)SC2)c(C)n1-c1c(C)n(C)n(-c2ccccc2)c1=O. The van der Waals surface area contributed by atoms with Gasteiger partial charge in [0, 0.05) is 29.8 Å². The van der Waals surface area contributed by atoms with Gasteiger partial charge in [0.15, 0.2) is 5.17 Å². The smallest absolute Gasteiger partial charge is 0.295 e. The summed E-state index contributed by atoms with van der Waals surface area (Å²) in [6.45, 7) is 6.06. The number of aromatic nitrogens is 3. The fourth-order valence-corrected chi connectivity index (χ4v) is 5.12. The second-order valence-corrected chi connectivity index (χ2v) is 9.21. The predicted octanol–water partition coefficient (Wildman–Crippen LogP) is 4.62. The quantitative estimate of drug-likeness (QED) is 0.473. The normalized spacial score (nSPS) is 14.8. The van der Waals surface area contributed by atoms with E-state index in [-0.39, 0.29) is 5.56 Å². The van der Waals surface area contributed by atoms with Gasteiger partial charge in [0.1, 0.15) is 5.69 Å². The molecule has 0 bridgehead atoms. The molecular formula is C26H26N6OS. The zero-order valence-electron chi connectivity index (χ0n) is 19.6. The highest BCUT2D eigenvalue weighted by molar-refractivity contribution is 8.14. The Kier molecular flexibility index (Phi) is 5.75. The number of hydrogen-bond acceptors (Lipinski definition) is 4. The van der Waals surface area contributed by atoms with E-state index in [0.29, 0.717) is 11.4 Å². The van der Waals surface area contributed by atoms with Crippen LogP contribution in [0.5, 0.6) is 0 Å². The van der Waals surface area contributed by atoms with Crippen molar-refractivity contribution < 1.29 is 0 Å². The number of nitrogens with one attached hydrogen (secondary N) is 1. The minimum atomic E-state index is -0.0464. The van der Waals surface area contributed by atoms with Gasteiger partial charge in [-0.15, -0.1) is 0 Å². The van der Waals surface area contributed by atoms with Crippen molar-refractivity contribution >= 4 is 28.3 Å². The summed E-state index contributed by atoms with van der Waals surface area (Å²) in [5.74, 6) is 0.699. The topological polar surface area (TPSA) is 68.6 Å². The first-order chi connectivity index (χ1) is 16.5. The highest BCUT2D eigenvalue weighted by Crippen LogP contribution is 2.25. The van der Waals surface area contributed by atoms with Gasteiger partial charge in [0.2, 0.25) is 0 Å². The Bertz CT molecular complexity index is 1480. The summed E-state index contributed by atoms with van der Waals surface area (Å²) in [7, 11) is 1.92. The number of hydrogen-bond donors (Lipinski definition) is 1. The molecule has 34 heavy (non-hydrogen) atoms. The molecule has 0 fully saturated rings. The summed E-state index contributed by atoms with van der Waals surface area (Å²) in [5, 5.41) is 5.39. The lowest BCUT2D eigenvalue weighted by molar-refractivity contribution is 0.630. The molecule has 0 saturated heterocycles. The number of benzene rings is 2. The minimum absolute atomic E-state index is 0.0464. The standard InChI is InChI=1S/C26H26N6OS/c1-17-15-22(23-16-34-26(29-28-23)27-20-11-7-5-8-12-20)18(2)31(17)24-19(3)30(4)32(25(24)33)21-13-9-6-10-14-21/h5-15H,16H2,1-4H3,(H,27,29). The summed E-state index contributed by atoms with van der Waals surface area (Å²) in [6.07, 6.45) is 0. The molecule has 5 rings (SSSR count). The molecule has 0 atom stereocenters. The van der Waals surface area contributed by atoms with Gasteiger partial charge in [0.25, 0.3) is 5.56 Å². The zero-order valence-corrected chi connectivity index (χ0v) is 20.4. The van der Waals surface area contributed by atoms with Crippen LogP contribution >= 0.6 is 11.8 Å². The molecule has 0 saturated carbocycles. The lowest BCUT2D eigenvalue weighted by Gasteiger charge is -2.15. The van der Waals surface area contributed by atoms with Crippen molar-refractivity contribution in [1.29, 1.82) is 0 Å². The molecule has 0 unspecified atom stereocenters. The van der Waals surface area contributed by atoms with Crippen LogP contribution in [0.4, 0.5) is 5.69 Å². The van der Waals surface area contributed by atoms with Crippen LogP contribution in [0.1, 0.15) is 22.6 Å². The first kappa shape index (κ1) is 22.0. The molecular weight excluding hydrogens is 444 g/mol. The molecule has 1 N–H and O–H groups in total. The molecule has 0 amide bonds. The summed E-state index contributed by atoms with van der Waals surface area (Å²) in [4.78, 5) is 18.2. The third-order valence-corrected chi connectivity index (χ3v) is 6.98. The Morgan fingerprint density at radius 3 is 2.29 bits per heavy atom. The van der Waals surface area contributed by atoms with Gasteiger partial charge in [-0.25, -0.2) is 9.67 Å². The van der Waals surface area contributed by atoms with Gasteiger partial charge in [0.05, 0.1) is 22.8 Å². The van der Waals surface area contributed by atoms with Gasteiger partial charge in [-0.3, -0.25) is 14.9 Å². The molecule has 2 aromatic carbocycles. The average Bonchev–Trinajstić information content (AvgIpc) is 3.26. The maximum atomic E-state index is 13.6. The third kappa shape index (κ3) is 3.80. The van der Waals surface area contributed by atoms with Crippen LogP contribution in [0, 0.1) is 20.8 Å². The second-order valence-electron chi connectivity index (χ2n) is 8.24. The number of aliphatic imine (C=N–C) groups is 1. The predicted molar refractivity (Wildman–Crippen MR) is 140 cm³/mol. The zero-order chi connectivity index (χ0) is 23.8. The number of hydrazone groups is 1. The number of aryl methyl sites for hydroxylation is 1. The lowest BCUT2D eigenvalue weighted by Crippen LogP contribution is -2.25. The molecule has 3 heterocycles. The summed E-state index contributed by atoms with van der Waals surface area (Å²) in [6, 6.07) is 21.7. The van der Waals surface area contributed by atoms with Gasteiger partial charge in [-0.1, -0.05) is 48.2 Å². The number of rotatable bonds is 4. The van der Waals surface area contributed by atoms with Crippen molar-refractivity contribution in [1.82, 2.24) is 19.4 Å². The minimum Gasteiger partial charge on any atom is -0.311 e. The highest BCUT2D eigenvalue weighted by atomic mass is 32.2. The Morgan fingerprint density at radius 2 is 1.65 bits per heavy atom. The first-order valence-corrected chi connectivity index (χ1v) is 12.1. The van der Waals surface area contributed by atoms with E-state index in [1.54, 1.807) is 16.4 Å². The third-order valence-electron chi connectivity index (χ3n) is 6.11. The van der Waals surface area contributed by atoms with Crippen LogP contribution < -0.4 is 11.0 Å². The molecule has 172 valence electrons. The monoisotopic (exact) mass is 470 g/mol. The molecule has 7 nitrogen and oxygen atoms in total. The molecule has 1 aliphatic rings. The molecule has 0 aliphatic carbocycles. The lowest BCUT2D eigenvalue weighted by atomic mass is 10.1. The molecule has 0 spiro atoms. The number of nitrogens with zero attached hydrogens (tertiary/aromatic N) is 5. The fourth-order valence-electron chi connectivity index (χ4n) is 4.34. The molecule has 1 aliphatic heterocycles. The Labute approximate surface area is 202 Å². The van der Waals surface area contributed by atoms with E-state index < -0.39 is 0 Å². The van der Waals surface area contributed by atoms with Crippen molar-refractivity contribution in [3.05, 3.63) is 99.7 Å². The Balaban J connectivity index is 1.52. The van der Waals surface area contributed by atoms with E-state index in [9.17, 15) is 4.79 Å². The summed E-state index contributed by atoms with van der Waals surface area (Å²) in [5.41, 5.74) is 10.3. The summed E-state index contributed by atoms with van der Waals surface area (Å²) < 4.78 is 5.67. The van der Waals surface area contributed by atoms with E-state index in [2.05, 4.69) is 21.6 Å². The highest BCUT2D eigenvalue weighted by Gasteiger charge is 2.24.